The number of anilines is 2. The predicted octanol–water partition coefficient (Wildman–Crippen LogP) is 4.15. The van der Waals surface area contributed by atoms with Gasteiger partial charge in [-0.25, -0.2) is 8.42 Å². The quantitative estimate of drug-likeness (QED) is 0.481. The predicted molar refractivity (Wildman–Crippen MR) is 127 cm³/mol. The van der Waals surface area contributed by atoms with Gasteiger partial charge >= 0.3 is 0 Å². The highest BCUT2D eigenvalue weighted by Crippen LogP contribution is 2.37. The Morgan fingerprint density at radius 1 is 0.875 bits per heavy atom. The molecule has 2 aliphatic rings. The van der Waals surface area contributed by atoms with Gasteiger partial charge in [0.25, 0.3) is 15.9 Å². The van der Waals surface area contributed by atoms with Crippen LogP contribution in [0.15, 0.2) is 65.6 Å². The van der Waals surface area contributed by atoms with Gasteiger partial charge in [0.2, 0.25) is 0 Å². The third-order valence-electron chi connectivity index (χ3n) is 6.29. The van der Waals surface area contributed by atoms with Gasteiger partial charge in [-0.3, -0.25) is 9.52 Å². The molecule has 0 aromatic heterocycles. The Balaban J connectivity index is 1.45. The van der Waals surface area contributed by atoms with E-state index >= 15 is 0 Å². The first-order chi connectivity index (χ1) is 15.4. The van der Waals surface area contributed by atoms with Crippen LogP contribution in [-0.2, 0) is 16.4 Å². The van der Waals surface area contributed by atoms with Crippen molar-refractivity contribution < 1.29 is 13.2 Å². The number of hydrogen-bond donors (Lipinski definition) is 2. The number of benzene rings is 3. The van der Waals surface area contributed by atoms with E-state index in [0.29, 0.717) is 16.9 Å². The maximum Gasteiger partial charge on any atom is 0.261 e. The first kappa shape index (κ1) is 20.6. The minimum absolute atomic E-state index is 0.225. The molecule has 0 unspecified atom stereocenters. The zero-order valence-corrected chi connectivity index (χ0v) is 18.5. The van der Waals surface area contributed by atoms with Gasteiger partial charge in [-0.1, -0.05) is 30.3 Å². The van der Waals surface area contributed by atoms with E-state index in [9.17, 15) is 13.2 Å². The topological polar surface area (TPSA) is 92.5 Å². The van der Waals surface area contributed by atoms with Gasteiger partial charge < -0.3 is 10.6 Å². The number of sulfonamides is 1. The van der Waals surface area contributed by atoms with Crippen LogP contribution in [0.4, 0.5) is 11.4 Å². The van der Waals surface area contributed by atoms with Gasteiger partial charge in [-0.2, -0.15) is 0 Å². The minimum atomic E-state index is -3.79. The molecule has 1 aliphatic heterocycles. The molecule has 164 valence electrons. The highest BCUT2D eigenvalue weighted by Gasteiger charge is 2.23. The number of nitrogens with two attached hydrogens (primary N) is 1. The van der Waals surface area contributed by atoms with E-state index in [0.717, 1.165) is 55.5 Å². The van der Waals surface area contributed by atoms with E-state index in [4.69, 9.17) is 5.73 Å². The van der Waals surface area contributed by atoms with Crippen LogP contribution >= 0.6 is 0 Å². The Morgan fingerprint density at radius 2 is 1.62 bits per heavy atom. The average molecular weight is 448 g/mol. The van der Waals surface area contributed by atoms with Crippen LogP contribution < -0.4 is 15.4 Å². The van der Waals surface area contributed by atoms with Crippen LogP contribution in [0.3, 0.4) is 0 Å². The van der Waals surface area contributed by atoms with Gasteiger partial charge in [0.1, 0.15) is 0 Å². The third kappa shape index (κ3) is 3.73. The molecule has 1 aliphatic carbocycles. The molecular weight excluding hydrogens is 422 g/mol. The number of nitrogens with one attached hydrogen (secondary N) is 1. The van der Waals surface area contributed by atoms with Crippen LogP contribution in [0.5, 0.6) is 0 Å². The zero-order valence-electron chi connectivity index (χ0n) is 17.7. The van der Waals surface area contributed by atoms with Crippen LogP contribution in [-0.4, -0.2) is 27.4 Å². The summed E-state index contributed by atoms with van der Waals surface area (Å²) in [7, 11) is -3.79. The minimum Gasteiger partial charge on any atom is -0.371 e. The van der Waals surface area contributed by atoms with Gasteiger partial charge in [-0.15, -0.1) is 0 Å². The van der Waals surface area contributed by atoms with E-state index in [1.54, 1.807) is 30.3 Å². The molecule has 3 aromatic rings. The molecule has 3 N–H and O–H groups in total. The van der Waals surface area contributed by atoms with Crippen molar-refractivity contribution in [2.24, 2.45) is 5.73 Å². The molecule has 1 fully saturated rings. The maximum atomic E-state index is 13.2. The fourth-order valence-electron chi connectivity index (χ4n) is 4.70. The lowest BCUT2D eigenvalue weighted by atomic mass is 10.1. The summed E-state index contributed by atoms with van der Waals surface area (Å²) in [5.74, 6) is -0.516. The van der Waals surface area contributed by atoms with E-state index in [-0.39, 0.29) is 4.90 Å². The molecule has 1 heterocycles. The Bertz CT molecular complexity index is 1310. The molecule has 0 radical (unpaired) electrons. The molecule has 0 bridgehead atoms. The third-order valence-corrected chi connectivity index (χ3v) is 7.67. The SMILES string of the molecule is NC(=O)c1ccc(NS(=O)(=O)c2ccc3c(c2)Cc2ccccc2-3)cc1N1CCCCC1. The zero-order chi connectivity index (χ0) is 22.3. The number of fused-ring (bicyclic) bond motifs is 3. The molecular formula is C25H25N3O3S. The monoisotopic (exact) mass is 447 g/mol. The summed E-state index contributed by atoms with van der Waals surface area (Å²) in [6.45, 7) is 1.64. The molecule has 0 atom stereocenters. The number of primary amides is 1. The normalized spacial score (nSPS) is 15.2. The number of carbonyl (C=O) groups is 1. The van der Waals surface area contributed by atoms with Crippen molar-refractivity contribution in [3.05, 3.63) is 77.4 Å². The fourth-order valence-corrected chi connectivity index (χ4v) is 5.80. The Hall–Kier alpha value is -3.32. The van der Waals surface area contributed by atoms with Gasteiger partial charge in [0, 0.05) is 13.1 Å². The first-order valence-electron chi connectivity index (χ1n) is 10.9. The number of carbonyl (C=O) groups excluding carboxylic acids is 1. The lowest BCUT2D eigenvalue weighted by molar-refractivity contribution is 0.100. The summed E-state index contributed by atoms with van der Waals surface area (Å²) in [4.78, 5) is 14.3. The molecule has 6 nitrogen and oxygen atoms in total. The number of amides is 1. The van der Waals surface area contributed by atoms with E-state index in [1.165, 1.54) is 5.56 Å². The van der Waals surface area contributed by atoms with Crippen LogP contribution in [0, 0.1) is 0 Å². The van der Waals surface area contributed by atoms with Crippen LogP contribution in [0.25, 0.3) is 11.1 Å². The molecule has 1 amide bonds. The van der Waals surface area contributed by atoms with Crippen molar-refractivity contribution in [1.29, 1.82) is 0 Å². The fraction of sp³-hybridized carbons (Fsp3) is 0.240. The molecule has 5 rings (SSSR count). The molecule has 32 heavy (non-hydrogen) atoms. The van der Waals surface area contributed by atoms with Crippen molar-refractivity contribution >= 4 is 27.3 Å². The van der Waals surface area contributed by atoms with Crippen molar-refractivity contribution in [3.63, 3.8) is 0 Å². The summed E-state index contributed by atoms with van der Waals surface area (Å²) < 4.78 is 29.0. The van der Waals surface area contributed by atoms with Crippen LogP contribution in [0.1, 0.15) is 40.7 Å². The second kappa shape index (κ2) is 7.98. The average Bonchev–Trinajstić information content (AvgIpc) is 3.17. The first-order valence-corrected chi connectivity index (χ1v) is 12.3. The maximum absolute atomic E-state index is 13.2. The summed E-state index contributed by atoms with van der Waals surface area (Å²) in [6.07, 6.45) is 3.94. The van der Waals surface area contributed by atoms with Crippen molar-refractivity contribution in [2.45, 2.75) is 30.6 Å². The van der Waals surface area contributed by atoms with E-state index in [2.05, 4.69) is 21.8 Å². The number of piperidine rings is 1. The van der Waals surface area contributed by atoms with Gasteiger partial charge in [-0.05, 0) is 78.3 Å². The summed E-state index contributed by atoms with van der Waals surface area (Å²) in [5.41, 5.74) is 11.5. The number of nitrogens with zero attached hydrogens (tertiary/aromatic N) is 1. The molecule has 3 aromatic carbocycles. The molecule has 0 saturated carbocycles. The summed E-state index contributed by atoms with van der Waals surface area (Å²) in [5, 5.41) is 0. The highest BCUT2D eigenvalue weighted by molar-refractivity contribution is 7.92. The number of rotatable bonds is 5. The Kier molecular flexibility index (Phi) is 5.13. The van der Waals surface area contributed by atoms with Gasteiger partial charge in [0.05, 0.1) is 21.8 Å². The second-order valence-corrected chi connectivity index (χ2v) is 10.1. The number of hydrogen-bond acceptors (Lipinski definition) is 4. The smallest absolute Gasteiger partial charge is 0.261 e. The van der Waals surface area contributed by atoms with Crippen molar-refractivity contribution in [3.8, 4) is 11.1 Å². The lowest BCUT2D eigenvalue weighted by Gasteiger charge is -2.30. The van der Waals surface area contributed by atoms with E-state index < -0.39 is 15.9 Å². The van der Waals surface area contributed by atoms with Gasteiger partial charge in [0.15, 0.2) is 0 Å². The summed E-state index contributed by atoms with van der Waals surface area (Å²) >= 11 is 0. The molecule has 0 spiro atoms. The van der Waals surface area contributed by atoms with Crippen molar-refractivity contribution in [2.75, 3.05) is 22.7 Å². The van der Waals surface area contributed by atoms with Crippen molar-refractivity contribution in [1.82, 2.24) is 0 Å². The summed E-state index contributed by atoms with van der Waals surface area (Å²) in [6, 6.07) is 18.3. The highest BCUT2D eigenvalue weighted by atomic mass is 32.2. The van der Waals surface area contributed by atoms with E-state index in [1.807, 2.05) is 18.2 Å². The molecule has 1 saturated heterocycles. The standard InChI is InChI=1S/C25H25N3O3S/c26-25(29)23-10-8-19(16-24(23)28-12-4-1-5-13-28)27-32(30,31)20-9-11-22-18(15-20)14-17-6-2-3-7-21(17)22/h2-3,6-11,15-16,27H,1,4-5,12-14H2,(H2,26,29). The molecule has 7 heteroatoms. The largest absolute Gasteiger partial charge is 0.371 e. The van der Waals surface area contributed by atoms with Crippen LogP contribution in [0.2, 0.25) is 0 Å². The Labute approximate surface area is 188 Å². The lowest BCUT2D eigenvalue weighted by Crippen LogP contribution is -2.31. The Morgan fingerprint density at radius 3 is 2.41 bits per heavy atom. The second-order valence-electron chi connectivity index (χ2n) is 8.40.